The Labute approximate surface area is 76.7 Å². The van der Waals surface area contributed by atoms with Gasteiger partial charge in [-0.15, -0.1) is 0 Å². The minimum Gasteiger partial charge on any atom is -0.375 e. The van der Waals surface area contributed by atoms with Gasteiger partial charge in [0, 0.05) is 7.11 Å². The van der Waals surface area contributed by atoms with Crippen molar-refractivity contribution in [2.75, 3.05) is 7.11 Å². The van der Waals surface area contributed by atoms with E-state index < -0.39 is 0 Å². The highest BCUT2D eigenvalue weighted by atomic mass is 35.5. The maximum Gasteiger partial charge on any atom is 0.147 e. The van der Waals surface area contributed by atoms with Gasteiger partial charge in [0.2, 0.25) is 0 Å². The lowest BCUT2D eigenvalue weighted by molar-refractivity contribution is 0.0961. The molecule has 1 unspecified atom stereocenters. The Balaban J connectivity index is 2.85. The summed E-state index contributed by atoms with van der Waals surface area (Å²) in [5.41, 5.74) is 0.785. The Kier molecular flexibility index (Phi) is 3.44. The van der Waals surface area contributed by atoms with Crippen LogP contribution in [0.25, 0.3) is 0 Å². The van der Waals surface area contributed by atoms with E-state index in [0.29, 0.717) is 5.15 Å². The number of nitrogens with zero attached hydrogens (tertiary/aromatic N) is 2. The highest BCUT2D eigenvalue weighted by molar-refractivity contribution is 6.29. The Hall–Kier alpha value is -0.670. The van der Waals surface area contributed by atoms with Crippen LogP contribution in [-0.2, 0) is 4.74 Å². The van der Waals surface area contributed by atoms with Crippen LogP contribution in [0.2, 0.25) is 5.15 Å². The van der Waals surface area contributed by atoms with Gasteiger partial charge >= 0.3 is 0 Å². The van der Waals surface area contributed by atoms with E-state index in [1.165, 1.54) is 6.20 Å². The van der Waals surface area contributed by atoms with Crippen LogP contribution in [0.5, 0.6) is 0 Å². The molecule has 1 rings (SSSR count). The normalized spacial score (nSPS) is 12.9. The number of halogens is 1. The van der Waals surface area contributed by atoms with Crippen molar-refractivity contribution in [2.45, 2.75) is 19.4 Å². The highest BCUT2D eigenvalue weighted by Gasteiger charge is 2.09. The molecule has 1 atom stereocenters. The molecule has 0 saturated heterocycles. The maximum atomic E-state index is 5.67. The average Bonchev–Trinajstić information content (AvgIpc) is 2.07. The smallest absolute Gasteiger partial charge is 0.147 e. The first-order valence-corrected chi connectivity index (χ1v) is 4.16. The largest absolute Gasteiger partial charge is 0.375 e. The van der Waals surface area contributed by atoms with Crippen LogP contribution >= 0.6 is 11.6 Å². The van der Waals surface area contributed by atoms with E-state index in [9.17, 15) is 0 Å². The summed E-state index contributed by atoms with van der Waals surface area (Å²) in [7, 11) is 1.65. The van der Waals surface area contributed by atoms with Crippen molar-refractivity contribution in [2.24, 2.45) is 0 Å². The van der Waals surface area contributed by atoms with Crippen molar-refractivity contribution in [3.63, 3.8) is 0 Å². The van der Waals surface area contributed by atoms with Crippen molar-refractivity contribution in [1.82, 2.24) is 9.97 Å². The molecule has 0 aromatic carbocycles. The van der Waals surface area contributed by atoms with Gasteiger partial charge in [-0.2, -0.15) is 0 Å². The number of aromatic nitrogens is 2. The van der Waals surface area contributed by atoms with E-state index in [-0.39, 0.29) is 6.10 Å². The molecule has 0 bridgehead atoms. The minimum atomic E-state index is -0.00352. The summed E-state index contributed by atoms with van der Waals surface area (Å²) < 4.78 is 5.18. The highest BCUT2D eigenvalue weighted by Crippen LogP contribution is 2.17. The monoisotopic (exact) mass is 186 g/mol. The van der Waals surface area contributed by atoms with Gasteiger partial charge in [0.15, 0.2) is 0 Å². The van der Waals surface area contributed by atoms with E-state index in [4.69, 9.17) is 16.3 Å². The van der Waals surface area contributed by atoms with Crippen LogP contribution in [0, 0.1) is 0 Å². The van der Waals surface area contributed by atoms with Gasteiger partial charge in [-0.3, -0.25) is 4.98 Å². The van der Waals surface area contributed by atoms with Gasteiger partial charge in [-0.25, -0.2) is 4.98 Å². The fraction of sp³-hybridized carbons (Fsp3) is 0.500. The standard InChI is InChI=1S/C8H11ClN2O/c1-3-7(12-2)6-4-10-5-8(9)11-6/h4-5,7H,3H2,1-2H3. The molecule has 0 saturated carbocycles. The number of rotatable bonds is 3. The minimum absolute atomic E-state index is 0.00352. The quantitative estimate of drug-likeness (QED) is 0.726. The molecule has 66 valence electrons. The molecule has 0 spiro atoms. The molecule has 0 aliphatic rings. The van der Waals surface area contributed by atoms with Crippen LogP contribution < -0.4 is 0 Å². The number of hydrogen-bond donors (Lipinski definition) is 0. The van der Waals surface area contributed by atoms with Crippen molar-refractivity contribution in [3.05, 3.63) is 23.2 Å². The molecule has 1 heterocycles. The second kappa shape index (κ2) is 4.38. The third-order valence-corrected chi connectivity index (χ3v) is 1.79. The van der Waals surface area contributed by atoms with Crippen LogP contribution in [0.1, 0.15) is 25.1 Å². The second-order valence-corrected chi connectivity index (χ2v) is 2.79. The number of methoxy groups -OCH3 is 1. The molecular weight excluding hydrogens is 176 g/mol. The molecule has 3 nitrogen and oxygen atoms in total. The van der Waals surface area contributed by atoms with Gasteiger partial charge in [0.1, 0.15) is 11.3 Å². The Morgan fingerprint density at radius 2 is 2.33 bits per heavy atom. The van der Waals surface area contributed by atoms with Crippen LogP contribution in [0.3, 0.4) is 0 Å². The topological polar surface area (TPSA) is 35.0 Å². The summed E-state index contributed by atoms with van der Waals surface area (Å²) in [6, 6.07) is 0. The summed E-state index contributed by atoms with van der Waals surface area (Å²) >= 11 is 5.67. The first-order chi connectivity index (χ1) is 5.77. The summed E-state index contributed by atoms with van der Waals surface area (Å²) in [5.74, 6) is 0. The lowest BCUT2D eigenvalue weighted by atomic mass is 10.2. The summed E-state index contributed by atoms with van der Waals surface area (Å²) in [5, 5.41) is 0.406. The first-order valence-electron chi connectivity index (χ1n) is 3.78. The molecule has 0 radical (unpaired) electrons. The van der Waals surface area contributed by atoms with E-state index in [0.717, 1.165) is 12.1 Å². The Bertz CT molecular complexity index is 251. The molecule has 0 N–H and O–H groups in total. The molecule has 0 fully saturated rings. The zero-order chi connectivity index (χ0) is 8.97. The maximum absolute atomic E-state index is 5.67. The average molecular weight is 187 g/mol. The van der Waals surface area contributed by atoms with E-state index in [1.54, 1.807) is 13.3 Å². The zero-order valence-electron chi connectivity index (χ0n) is 7.12. The van der Waals surface area contributed by atoms with E-state index in [2.05, 4.69) is 9.97 Å². The van der Waals surface area contributed by atoms with Crippen molar-refractivity contribution in [1.29, 1.82) is 0 Å². The molecule has 0 aliphatic heterocycles. The van der Waals surface area contributed by atoms with Crippen LogP contribution in [0.15, 0.2) is 12.4 Å². The van der Waals surface area contributed by atoms with Gasteiger partial charge in [-0.1, -0.05) is 18.5 Å². The molecule has 12 heavy (non-hydrogen) atoms. The lowest BCUT2D eigenvalue weighted by Gasteiger charge is -2.10. The molecule has 0 aliphatic carbocycles. The Morgan fingerprint density at radius 3 is 2.83 bits per heavy atom. The van der Waals surface area contributed by atoms with Gasteiger partial charge in [-0.05, 0) is 6.42 Å². The summed E-state index contributed by atoms with van der Waals surface area (Å²) in [6.45, 7) is 2.02. The molecule has 4 heteroatoms. The van der Waals surface area contributed by atoms with Crippen molar-refractivity contribution < 1.29 is 4.74 Å². The molecule has 1 aromatic heterocycles. The van der Waals surface area contributed by atoms with Gasteiger partial charge < -0.3 is 4.74 Å². The second-order valence-electron chi connectivity index (χ2n) is 2.40. The van der Waals surface area contributed by atoms with Gasteiger partial charge in [0.05, 0.1) is 18.1 Å². The fourth-order valence-electron chi connectivity index (χ4n) is 1.01. The predicted octanol–water partition coefficient (Wildman–Crippen LogP) is 2.23. The third kappa shape index (κ3) is 2.16. The van der Waals surface area contributed by atoms with Gasteiger partial charge in [0.25, 0.3) is 0 Å². The fourth-order valence-corrected chi connectivity index (χ4v) is 1.16. The third-order valence-electron chi connectivity index (χ3n) is 1.61. The first kappa shape index (κ1) is 9.42. The number of hydrogen-bond acceptors (Lipinski definition) is 3. The van der Waals surface area contributed by atoms with Crippen molar-refractivity contribution >= 4 is 11.6 Å². The Morgan fingerprint density at radius 1 is 1.58 bits per heavy atom. The predicted molar refractivity (Wildman–Crippen MR) is 47.1 cm³/mol. The SMILES string of the molecule is CCC(OC)c1cncc(Cl)n1. The van der Waals surface area contributed by atoms with Crippen molar-refractivity contribution in [3.8, 4) is 0 Å². The molecular formula is C8H11ClN2O. The zero-order valence-corrected chi connectivity index (χ0v) is 7.88. The molecule has 0 amide bonds. The van der Waals surface area contributed by atoms with E-state index in [1.807, 2.05) is 6.92 Å². The molecule has 1 aromatic rings. The van der Waals surface area contributed by atoms with Crippen LogP contribution in [0.4, 0.5) is 0 Å². The summed E-state index contributed by atoms with van der Waals surface area (Å²) in [4.78, 5) is 8.02. The van der Waals surface area contributed by atoms with E-state index >= 15 is 0 Å². The lowest BCUT2D eigenvalue weighted by Crippen LogP contribution is -2.02. The van der Waals surface area contributed by atoms with Crippen LogP contribution in [-0.4, -0.2) is 17.1 Å². The summed E-state index contributed by atoms with van der Waals surface area (Å²) in [6.07, 6.45) is 4.04. The number of ether oxygens (including phenoxy) is 1.